The molecule has 1 aliphatic rings. The monoisotopic (exact) mass is 436 g/mol. The Morgan fingerprint density at radius 2 is 1.67 bits per heavy atom. The van der Waals surface area contributed by atoms with E-state index < -0.39 is 0 Å². The molecule has 1 saturated carbocycles. The van der Waals surface area contributed by atoms with Crippen LogP contribution in [0.5, 0.6) is 0 Å². The maximum atomic E-state index is 12.5. The Labute approximate surface area is 191 Å². The minimum absolute atomic E-state index is 0.137. The largest absolute Gasteiger partial charge is 0.436 e. The van der Waals surface area contributed by atoms with Crippen LogP contribution < -0.4 is 5.32 Å². The van der Waals surface area contributed by atoms with Crippen LogP contribution in [-0.4, -0.2) is 20.9 Å². The van der Waals surface area contributed by atoms with Crippen molar-refractivity contribution in [2.45, 2.75) is 32.1 Å². The van der Waals surface area contributed by atoms with Gasteiger partial charge < -0.3 is 14.7 Å². The predicted molar refractivity (Wildman–Crippen MR) is 130 cm³/mol. The molecule has 5 aromatic rings. The number of hydrogen-bond acceptors (Lipinski definition) is 4. The molecule has 6 heteroatoms. The molecule has 6 nitrogen and oxygen atoms in total. The Morgan fingerprint density at radius 1 is 0.879 bits per heavy atom. The Morgan fingerprint density at radius 3 is 2.48 bits per heavy atom. The summed E-state index contributed by atoms with van der Waals surface area (Å²) in [7, 11) is 0. The minimum atomic E-state index is 0.137. The number of carbonyl (C=O) groups is 1. The van der Waals surface area contributed by atoms with E-state index in [1.165, 1.54) is 6.42 Å². The summed E-state index contributed by atoms with van der Waals surface area (Å²) >= 11 is 0. The van der Waals surface area contributed by atoms with Gasteiger partial charge in [0.2, 0.25) is 11.8 Å². The number of oxazole rings is 1. The second-order valence-corrected chi connectivity index (χ2v) is 8.71. The molecule has 1 aliphatic carbocycles. The first-order chi connectivity index (χ1) is 16.2. The van der Waals surface area contributed by atoms with E-state index in [-0.39, 0.29) is 11.8 Å². The zero-order chi connectivity index (χ0) is 22.2. The quantitative estimate of drug-likeness (QED) is 0.334. The van der Waals surface area contributed by atoms with Gasteiger partial charge >= 0.3 is 0 Å². The van der Waals surface area contributed by atoms with Crippen LogP contribution in [0.3, 0.4) is 0 Å². The van der Waals surface area contributed by atoms with Gasteiger partial charge in [0.05, 0.1) is 11.0 Å². The lowest BCUT2D eigenvalue weighted by molar-refractivity contribution is -0.120. The van der Waals surface area contributed by atoms with E-state index in [2.05, 4.69) is 15.3 Å². The van der Waals surface area contributed by atoms with Crippen molar-refractivity contribution in [3.05, 3.63) is 66.7 Å². The number of carbonyl (C=O) groups excluding carboxylic acids is 1. The fourth-order valence-electron chi connectivity index (χ4n) is 4.60. The lowest BCUT2D eigenvalue weighted by atomic mass is 9.88. The van der Waals surface area contributed by atoms with Crippen LogP contribution in [0.1, 0.15) is 32.1 Å². The van der Waals surface area contributed by atoms with Crippen molar-refractivity contribution in [2.75, 3.05) is 5.32 Å². The van der Waals surface area contributed by atoms with Gasteiger partial charge in [-0.1, -0.05) is 31.4 Å². The summed E-state index contributed by atoms with van der Waals surface area (Å²) in [6.45, 7) is 0. The van der Waals surface area contributed by atoms with Gasteiger partial charge in [0.15, 0.2) is 5.58 Å². The molecule has 2 aromatic heterocycles. The smallest absolute Gasteiger partial charge is 0.227 e. The maximum absolute atomic E-state index is 12.5. The Balaban J connectivity index is 1.23. The second-order valence-electron chi connectivity index (χ2n) is 8.71. The summed E-state index contributed by atoms with van der Waals surface area (Å²) in [5.74, 6) is 1.65. The minimum Gasteiger partial charge on any atom is -0.436 e. The van der Waals surface area contributed by atoms with Gasteiger partial charge in [0.1, 0.15) is 11.3 Å². The Kier molecular flexibility index (Phi) is 4.91. The molecule has 0 spiro atoms. The molecule has 2 heterocycles. The van der Waals surface area contributed by atoms with E-state index in [1.54, 1.807) is 0 Å². The normalized spacial score (nSPS) is 14.7. The lowest BCUT2D eigenvalue weighted by Gasteiger charge is -2.20. The number of nitrogens with one attached hydrogen (secondary N) is 2. The average Bonchev–Trinajstić information content (AvgIpc) is 3.49. The number of rotatable bonds is 4. The summed E-state index contributed by atoms with van der Waals surface area (Å²) in [5, 5.41) is 3.07. The van der Waals surface area contributed by atoms with Crippen LogP contribution >= 0.6 is 0 Å². The van der Waals surface area contributed by atoms with Crippen LogP contribution in [-0.2, 0) is 4.79 Å². The van der Waals surface area contributed by atoms with Gasteiger partial charge in [-0.05, 0) is 67.4 Å². The molecule has 0 unspecified atom stereocenters. The third-order valence-electron chi connectivity index (χ3n) is 6.42. The third-order valence-corrected chi connectivity index (χ3v) is 6.42. The average molecular weight is 437 g/mol. The summed E-state index contributed by atoms with van der Waals surface area (Å²) in [6.07, 6.45) is 5.53. The van der Waals surface area contributed by atoms with Gasteiger partial charge in [-0.25, -0.2) is 9.97 Å². The highest BCUT2D eigenvalue weighted by atomic mass is 16.3. The molecule has 3 aromatic carbocycles. The summed E-state index contributed by atoms with van der Waals surface area (Å²) in [5.41, 5.74) is 6.09. The molecule has 164 valence electrons. The number of aromatic amines is 1. The number of nitrogens with zero attached hydrogens (tertiary/aromatic N) is 2. The highest BCUT2D eigenvalue weighted by Crippen LogP contribution is 2.29. The van der Waals surface area contributed by atoms with Crippen molar-refractivity contribution in [2.24, 2.45) is 5.92 Å². The van der Waals surface area contributed by atoms with Crippen LogP contribution in [0.4, 0.5) is 5.69 Å². The lowest BCUT2D eigenvalue weighted by Crippen LogP contribution is -2.24. The Bertz CT molecular complexity index is 1410. The van der Waals surface area contributed by atoms with E-state index in [0.29, 0.717) is 5.89 Å². The van der Waals surface area contributed by atoms with Gasteiger partial charge in [-0.2, -0.15) is 0 Å². The van der Waals surface area contributed by atoms with E-state index in [9.17, 15) is 4.79 Å². The topological polar surface area (TPSA) is 83.8 Å². The fraction of sp³-hybridized carbons (Fsp3) is 0.222. The van der Waals surface area contributed by atoms with Gasteiger partial charge in [0.25, 0.3) is 0 Å². The molecule has 0 saturated heterocycles. The molecule has 0 bridgehead atoms. The van der Waals surface area contributed by atoms with Crippen molar-refractivity contribution >= 4 is 33.7 Å². The molecular weight excluding hydrogens is 412 g/mol. The Hall–Kier alpha value is -3.93. The molecule has 1 amide bonds. The van der Waals surface area contributed by atoms with Crippen molar-refractivity contribution in [1.29, 1.82) is 0 Å². The number of H-pyrrole nitrogens is 1. The first-order valence-electron chi connectivity index (χ1n) is 11.5. The zero-order valence-corrected chi connectivity index (χ0v) is 18.2. The van der Waals surface area contributed by atoms with Crippen molar-refractivity contribution < 1.29 is 9.21 Å². The second kappa shape index (κ2) is 8.20. The van der Waals surface area contributed by atoms with E-state index in [0.717, 1.165) is 70.5 Å². The van der Waals surface area contributed by atoms with Crippen LogP contribution in [0.2, 0.25) is 0 Å². The number of benzene rings is 3. The number of anilines is 1. The highest BCUT2D eigenvalue weighted by molar-refractivity contribution is 5.93. The molecule has 0 aliphatic heterocycles. The molecule has 0 atom stereocenters. The van der Waals surface area contributed by atoms with Gasteiger partial charge in [0, 0.05) is 22.7 Å². The highest BCUT2D eigenvalue weighted by Gasteiger charge is 2.21. The van der Waals surface area contributed by atoms with Crippen LogP contribution in [0.15, 0.2) is 71.1 Å². The van der Waals surface area contributed by atoms with Gasteiger partial charge in [-0.3, -0.25) is 4.79 Å². The van der Waals surface area contributed by atoms with E-state index in [4.69, 9.17) is 9.40 Å². The number of amides is 1. The van der Waals surface area contributed by atoms with Crippen LogP contribution in [0.25, 0.3) is 45.0 Å². The van der Waals surface area contributed by atoms with E-state index >= 15 is 0 Å². The zero-order valence-electron chi connectivity index (χ0n) is 18.2. The number of imidazole rings is 1. The molecule has 33 heavy (non-hydrogen) atoms. The van der Waals surface area contributed by atoms with Crippen LogP contribution in [0, 0.1) is 5.92 Å². The summed E-state index contributed by atoms with van der Waals surface area (Å²) in [4.78, 5) is 25.2. The number of hydrogen-bond donors (Lipinski definition) is 2. The number of aromatic nitrogens is 3. The third kappa shape index (κ3) is 3.89. The molecule has 6 rings (SSSR count). The van der Waals surface area contributed by atoms with Crippen molar-refractivity contribution in [3.8, 4) is 22.8 Å². The molecule has 1 fully saturated rings. The molecular formula is C27H24N4O2. The van der Waals surface area contributed by atoms with E-state index in [1.807, 2.05) is 66.7 Å². The number of para-hydroxylation sites is 2. The molecule has 0 radical (unpaired) electrons. The van der Waals surface area contributed by atoms with Crippen molar-refractivity contribution in [1.82, 2.24) is 15.0 Å². The summed E-state index contributed by atoms with van der Waals surface area (Å²) in [6, 6.07) is 21.5. The number of fused-ring (bicyclic) bond motifs is 2. The van der Waals surface area contributed by atoms with Crippen molar-refractivity contribution in [3.63, 3.8) is 0 Å². The fourth-order valence-corrected chi connectivity index (χ4v) is 4.60. The first kappa shape index (κ1) is 19.7. The summed E-state index contributed by atoms with van der Waals surface area (Å²) < 4.78 is 5.90. The van der Waals surface area contributed by atoms with Gasteiger partial charge in [-0.15, -0.1) is 0 Å². The first-order valence-corrected chi connectivity index (χ1v) is 11.5. The molecule has 2 N–H and O–H groups in total. The maximum Gasteiger partial charge on any atom is 0.227 e. The standard InChI is InChI=1S/C27H24N4O2/c32-26(18-6-2-1-3-7-18)28-20-13-10-17(11-14-20)25-29-21-15-12-19(16-23(21)30-25)27-31-22-8-4-5-9-24(22)33-27/h4-5,8-16,18H,1-3,6-7H2,(H,28,32)(H,29,30). The predicted octanol–water partition coefficient (Wildman–Crippen LogP) is 6.56. The SMILES string of the molecule is O=C(Nc1ccc(-c2nc3ccc(-c4nc5ccccc5o4)cc3[nH]2)cc1)C1CCCCC1.